The van der Waals surface area contributed by atoms with Crippen molar-refractivity contribution in [2.75, 3.05) is 39.2 Å². The van der Waals surface area contributed by atoms with Gasteiger partial charge in [0.25, 0.3) is 0 Å². The summed E-state index contributed by atoms with van der Waals surface area (Å²) < 4.78 is 12.9. The molecule has 3 fully saturated rings. The number of halogens is 1. The van der Waals surface area contributed by atoms with Gasteiger partial charge >= 0.3 is 0 Å². The van der Waals surface area contributed by atoms with E-state index in [-0.39, 0.29) is 0 Å². The van der Waals surface area contributed by atoms with Gasteiger partial charge in [-0.25, -0.2) is 0 Å². The van der Waals surface area contributed by atoms with Crippen molar-refractivity contribution in [3.8, 4) is 22.8 Å². The van der Waals surface area contributed by atoms with E-state index in [1.807, 2.05) is 42.5 Å². The highest BCUT2D eigenvalue weighted by Crippen LogP contribution is 2.42. The average Bonchev–Trinajstić information content (AvgIpc) is 3.30. The van der Waals surface area contributed by atoms with Gasteiger partial charge in [-0.05, 0) is 86.1 Å². The molecule has 9 heteroatoms. The van der Waals surface area contributed by atoms with E-state index in [0.29, 0.717) is 33.8 Å². The van der Waals surface area contributed by atoms with E-state index >= 15 is 0 Å². The SMILES string of the molecule is COc1ccc(-c2cc(C3CN4CCC3CC4CNC(=S)Nc3ccc(Cl)cc3)n(C)n2)cc1OC. The average molecular weight is 526 g/mol. The third-order valence-corrected chi connectivity index (χ3v) is 7.95. The molecule has 0 spiro atoms. The van der Waals surface area contributed by atoms with Gasteiger partial charge in [0, 0.05) is 54.1 Å². The van der Waals surface area contributed by atoms with E-state index in [9.17, 15) is 0 Å². The second kappa shape index (κ2) is 10.7. The Balaban J connectivity index is 1.22. The molecule has 0 aliphatic carbocycles. The van der Waals surface area contributed by atoms with Crippen LogP contribution in [0, 0.1) is 5.92 Å². The van der Waals surface area contributed by atoms with Gasteiger partial charge in [0.1, 0.15) is 0 Å². The fourth-order valence-electron chi connectivity index (χ4n) is 5.57. The molecule has 3 saturated heterocycles. The summed E-state index contributed by atoms with van der Waals surface area (Å²) in [4.78, 5) is 2.60. The maximum atomic E-state index is 5.97. The van der Waals surface area contributed by atoms with Crippen LogP contribution in [0.3, 0.4) is 0 Å². The molecular formula is C27H32ClN5O2S. The van der Waals surface area contributed by atoms with Crippen molar-refractivity contribution >= 4 is 34.6 Å². The Morgan fingerprint density at radius 1 is 1.11 bits per heavy atom. The Hall–Kier alpha value is -2.81. The minimum atomic E-state index is 0.473. The molecular weight excluding hydrogens is 494 g/mol. The summed E-state index contributed by atoms with van der Waals surface area (Å²) in [5, 5.41) is 12.9. The van der Waals surface area contributed by atoms with E-state index in [1.54, 1.807) is 14.2 Å². The standard InChI is InChI=1S/C27H32ClN5O2S/c1-32-24(14-23(31-32)18-4-9-25(34-2)26(13-18)35-3)22-16-33-11-10-17(22)12-21(33)15-29-27(36)30-20-7-5-19(28)6-8-20/h4-9,13-14,17,21-22H,10-12,15-16H2,1-3H3,(H2,29,30,36). The normalized spacial score (nSPS) is 22.8. The van der Waals surface area contributed by atoms with Crippen LogP contribution in [0.4, 0.5) is 5.69 Å². The molecule has 2 aromatic carbocycles. The molecule has 3 aromatic rings. The van der Waals surface area contributed by atoms with Gasteiger partial charge in [-0.2, -0.15) is 5.10 Å². The largest absolute Gasteiger partial charge is 0.493 e. The molecule has 7 nitrogen and oxygen atoms in total. The van der Waals surface area contributed by atoms with Gasteiger partial charge in [0.2, 0.25) is 0 Å². The van der Waals surface area contributed by atoms with E-state index in [4.69, 9.17) is 38.4 Å². The molecule has 0 amide bonds. The molecule has 36 heavy (non-hydrogen) atoms. The molecule has 3 aliphatic rings. The maximum absolute atomic E-state index is 5.97. The third-order valence-electron chi connectivity index (χ3n) is 7.45. The van der Waals surface area contributed by atoms with Crippen LogP contribution in [0.2, 0.25) is 5.02 Å². The zero-order valence-electron chi connectivity index (χ0n) is 20.8. The summed E-state index contributed by atoms with van der Waals surface area (Å²) in [6.45, 7) is 3.01. The summed E-state index contributed by atoms with van der Waals surface area (Å²) >= 11 is 11.5. The quantitative estimate of drug-likeness (QED) is 0.424. The third kappa shape index (κ3) is 5.16. The number of anilines is 1. The minimum absolute atomic E-state index is 0.473. The van der Waals surface area contributed by atoms with Crippen molar-refractivity contribution < 1.29 is 9.47 Å². The molecule has 2 bridgehead atoms. The number of hydrogen-bond donors (Lipinski definition) is 2. The zero-order valence-corrected chi connectivity index (χ0v) is 22.4. The van der Waals surface area contributed by atoms with Crippen molar-refractivity contribution in [1.82, 2.24) is 20.0 Å². The number of aromatic nitrogens is 2. The number of benzene rings is 2. The molecule has 6 rings (SSSR count). The molecule has 4 heterocycles. The summed E-state index contributed by atoms with van der Waals surface area (Å²) in [6, 6.07) is 16.2. The first-order chi connectivity index (χ1) is 17.4. The van der Waals surface area contributed by atoms with Crippen LogP contribution in [0.25, 0.3) is 11.3 Å². The predicted octanol–water partition coefficient (Wildman–Crippen LogP) is 4.92. The monoisotopic (exact) mass is 525 g/mol. The van der Waals surface area contributed by atoms with Crippen molar-refractivity contribution in [2.45, 2.75) is 24.8 Å². The molecule has 3 aliphatic heterocycles. The van der Waals surface area contributed by atoms with Gasteiger partial charge in [0.15, 0.2) is 16.6 Å². The molecule has 0 saturated carbocycles. The second-order valence-electron chi connectivity index (χ2n) is 9.53. The number of rotatable bonds is 7. The van der Waals surface area contributed by atoms with Crippen LogP contribution in [0.5, 0.6) is 11.5 Å². The fourth-order valence-corrected chi connectivity index (χ4v) is 5.90. The molecule has 4 atom stereocenters. The Morgan fingerprint density at radius 2 is 1.89 bits per heavy atom. The number of hydrogen-bond acceptors (Lipinski definition) is 5. The number of fused-ring (bicyclic) bond motifs is 3. The zero-order chi connectivity index (χ0) is 25.2. The van der Waals surface area contributed by atoms with E-state index in [2.05, 4.69) is 33.3 Å². The number of ether oxygens (including phenoxy) is 2. The van der Waals surface area contributed by atoms with Crippen LogP contribution in [-0.4, -0.2) is 59.7 Å². The second-order valence-corrected chi connectivity index (χ2v) is 10.4. The lowest BCUT2D eigenvalue weighted by molar-refractivity contribution is 0.0303. The van der Waals surface area contributed by atoms with E-state index < -0.39 is 0 Å². The molecule has 0 radical (unpaired) electrons. The van der Waals surface area contributed by atoms with Gasteiger partial charge in [-0.1, -0.05) is 11.6 Å². The Bertz CT molecular complexity index is 1230. The summed E-state index contributed by atoms with van der Waals surface area (Å²) in [7, 11) is 5.36. The summed E-state index contributed by atoms with van der Waals surface area (Å²) in [5.74, 6) is 2.54. The summed E-state index contributed by atoms with van der Waals surface area (Å²) in [6.07, 6.45) is 2.36. The first-order valence-electron chi connectivity index (χ1n) is 12.3. The lowest BCUT2D eigenvalue weighted by Crippen LogP contribution is -2.56. The number of nitrogens with zero attached hydrogens (tertiary/aromatic N) is 3. The van der Waals surface area contributed by atoms with E-state index in [0.717, 1.165) is 48.7 Å². The first-order valence-corrected chi connectivity index (χ1v) is 13.0. The van der Waals surface area contributed by atoms with Gasteiger partial charge in [-0.3, -0.25) is 9.58 Å². The number of nitrogens with one attached hydrogen (secondary N) is 2. The van der Waals surface area contributed by atoms with Crippen molar-refractivity contribution in [3.63, 3.8) is 0 Å². The Kier molecular flexibility index (Phi) is 7.37. The van der Waals surface area contributed by atoms with Gasteiger partial charge in [0.05, 0.1) is 19.9 Å². The fraction of sp³-hybridized carbons (Fsp3) is 0.407. The lowest BCUT2D eigenvalue weighted by atomic mass is 9.74. The number of aryl methyl sites for hydroxylation is 1. The minimum Gasteiger partial charge on any atom is -0.493 e. The topological polar surface area (TPSA) is 63.6 Å². The Morgan fingerprint density at radius 3 is 2.58 bits per heavy atom. The number of piperidine rings is 3. The molecule has 190 valence electrons. The number of thiocarbonyl (C=S) groups is 1. The van der Waals surface area contributed by atoms with E-state index in [1.165, 1.54) is 12.1 Å². The first kappa shape index (κ1) is 24.9. The maximum Gasteiger partial charge on any atom is 0.170 e. The molecule has 1 aromatic heterocycles. The Labute approximate surface area is 222 Å². The van der Waals surface area contributed by atoms with Gasteiger partial charge < -0.3 is 20.1 Å². The smallest absolute Gasteiger partial charge is 0.170 e. The van der Waals surface area contributed by atoms with Gasteiger partial charge in [-0.15, -0.1) is 0 Å². The highest BCUT2D eigenvalue weighted by molar-refractivity contribution is 7.80. The summed E-state index contributed by atoms with van der Waals surface area (Å²) in [5.41, 5.74) is 4.21. The molecule has 2 N–H and O–H groups in total. The van der Waals surface area contributed by atoms with Crippen LogP contribution < -0.4 is 20.1 Å². The molecule has 4 unspecified atom stereocenters. The van der Waals surface area contributed by atoms with Crippen molar-refractivity contribution in [1.29, 1.82) is 0 Å². The predicted molar refractivity (Wildman–Crippen MR) is 148 cm³/mol. The highest BCUT2D eigenvalue weighted by Gasteiger charge is 2.41. The van der Waals surface area contributed by atoms with Crippen LogP contribution >= 0.6 is 23.8 Å². The number of methoxy groups -OCH3 is 2. The van der Waals surface area contributed by atoms with Crippen LogP contribution in [-0.2, 0) is 7.05 Å². The van der Waals surface area contributed by atoms with Crippen molar-refractivity contribution in [2.24, 2.45) is 13.0 Å². The van der Waals surface area contributed by atoms with Crippen molar-refractivity contribution in [3.05, 3.63) is 59.2 Å². The van der Waals surface area contributed by atoms with Crippen LogP contribution in [0.15, 0.2) is 48.5 Å². The van der Waals surface area contributed by atoms with Crippen LogP contribution in [0.1, 0.15) is 24.5 Å². The lowest BCUT2D eigenvalue weighted by Gasteiger charge is -2.50. The highest BCUT2D eigenvalue weighted by atomic mass is 35.5.